The first-order valence-corrected chi connectivity index (χ1v) is 7.61. The molecular formula is C16H15BrClN. The normalized spacial score (nSPS) is 17.3. The Kier molecular flexibility index (Phi) is 3.55. The van der Waals surface area contributed by atoms with Crippen molar-refractivity contribution in [1.29, 1.82) is 0 Å². The maximum absolute atomic E-state index is 6.07. The molecule has 2 aromatic rings. The number of aryl methyl sites for hydroxylation is 2. The molecule has 0 saturated carbocycles. The molecule has 3 heteroatoms. The summed E-state index contributed by atoms with van der Waals surface area (Å²) in [5.74, 6) is 0. The second kappa shape index (κ2) is 5.18. The van der Waals surface area contributed by atoms with Crippen LogP contribution >= 0.6 is 27.5 Å². The Balaban J connectivity index is 1.90. The molecule has 0 fully saturated rings. The Hall–Kier alpha value is -0.990. The Morgan fingerprint density at radius 1 is 1.21 bits per heavy atom. The lowest BCUT2D eigenvalue weighted by molar-refractivity contribution is 0.761. The van der Waals surface area contributed by atoms with Gasteiger partial charge in [0.15, 0.2) is 0 Å². The molecule has 1 nitrogen and oxygen atoms in total. The molecule has 0 bridgehead atoms. The standard InChI is InChI=1S/C16H15BrClN/c1-10-2-3-11-4-7-15(13(11)8-10)19-16-9-12(18)5-6-14(16)17/h2-3,5-6,8-9,15,19H,4,7H2,1H3. The van der Waals surface area contributed by atoms with E-state index in [-0.39, 0.29) is 0 Å². The smallest absolute Gasteiger partial charge is 0.0520 e. The molecule has 0 spiro atoms. The molecule has 0 amide bonds. The van der Waals surface area contributed by atoms with Crippen LogP contribution in [0.5, 0.6) is 0 Å². The van der Waals surface area contributed by atoms with Crippen LogP contribution in [0, 0.1) is 6.92 Å². The van der Waals surface area contributed by atoms with Gasteiger partial charge in [0, 0.05) is 9.50 Å². The maximum atomic E-state index is 6.07. The summed E-state index contributed by atoms with van der Waals surface area (Å²) in [6, 6.07) is 13.0. The number of anilines is 1. The van der Waals surface area contributed by atoms with Crippen molar-refractivity contribution in [2.75, 3.05) is 5.32 Å². The molecule has 1 atom stereocenters. The molecular weight excluding hydrogens is 322 g/mol. The Labute approximate surface area is 127 Å². The second-order valence-electron chi connectivity index (χ2n) is 5.06. The first kappa shape index (κ1) is 13.0. The van der Waals surface area contributed by atoms with Gasteiger partial charge < -0.3 is 5.32 Å². The van der Waals surface area contributed by atoms with Crippen LogP contribution in [0.2, 0.25) is 5.02 Å². The zero-order chi connectivity index (χ0) is 13.4. The Morgan fingerprint density at radius 3 is 2.89 bits per heavy atom. The molecule has 1 unspecified atom stereocenters. The van der Waals surface area contributed by atoms with E-state index in [0.717, 1.165) is 28.0 Å². The van der Waals surface area contributed by atoms with Gasteiger partial charge in [-0.25, -0.2) is 0 Å². The summed E-state index contributed by atoms with van der Waals surface area (Å²) in [6.07, 6.45) is 2.28. The first-order chi connectivity index (χ1) is 9.13. The SMILES string of the molecule is Cc1ccc2c(c1)C(Nc1cc(Cl)ccc1Br)CC2. The lowest BCUT2D eigenvalue weighted by atomic mass is 10.0. The van der Waals surface area contributed by atoms with Gasteiger partial charge in [0.1, 0.15) is 0 Å². The highest BCUT2D eigenvalue weighted by Crippen LogP contribution is 2.36. The molecule has 0 aromatic heterocycles. The monoisotopic (exact) mass is 335 g/mol. The van der Waals surface area contributed by atoms with Crippen LogP contribution in [0.1, 0.15) is 29.2 Å². The summed E-state index contributed by atoms with van der Waals surface area (Å²) >= 11 is 9.64. The second-order valence-corrected chi connectivity index (χ2v) is 6.35. The summed E-state index contributed by atoms with van der Waals surface area (Å²) in [5, 5.41) is 4.36. The van der Waals surface area contributed by atoms with Crippen molar-refractivity contribution < 1.29 is 0 Å². The van der Waals surface area contributed by atoms with E-state index in [1.54, 1.807) is 0 Å². The fraction of sp³-hybridized carbons (Fsp3) is 0.250. The van der Waals surface area contributed by atoms with Gasteiger partial charge in [-0.15, -0.1) is 0 Å². The third-order valence-electron chi connectivity index (χ3n) is 3.64. The highest BCUT2D eigenvalue weighted by atomic mass is 79.9. The highest BCUT2D eigenvalue weighted by Gasteiger charge is 2.22. The molecule has 1 aliphatic rings. The minimum Gasteiger partial charge on any atom is -0.377 e. The van der Waals surface area contributed by atoms with Crippen molar-refractivity contribution in [2.24, 2.45) is 0 Å². The van der Waals surface area contributed by atoms with Crippen LogP contribution in [0.3, 0.4) is 0 Å². The van der Waals surface area contributed by atoms with Crippen molar-refractivity contribution in [2.45, 2.75) is 25.8 Å². The van der Waals surface area contributed by atoms with Crippen LogP contribution in [0.4, 0.5) is 5.69 Å². The summed E-state index contributed by atoms with van der Waals surface area (Å²) in [6.45, 7) is 2.14. The van der Waals surface area contributed by atoms with E-state index in [0.29, 0.717) is 6.04 Å². The molecule has 98 valence electrons. The van der Waals surface area contributed by atoms with E-state index in [9.17, 15) is 0 Å². The summed E-state index contributed by atoms with van der Waals surface area (Å²) in [4.78, 5) is 0. The number of nitrogens with one attached hydrogen (secondary N) is 1. The lowest BCUT2D eigenvalue weighted by Gasteiger charge is -2.17. The summed E-state index contributed by atoms with van der Waals surface area (Å²) in [5.41, 5.74) is 5.26. The van der Waals surface area contributed by atoms with Crippen LogP contribution in [0.25, 0.3) is 0 Å². The van der Waals surface area contributed by atoms with Crippen molar-refractivity contribution >= 4 is 33.2 Å². The number of benzene rings is 2. The average molecular weight is 337 g/mol. The minimum atomic E-state index is 0.379. The van der Waals surface area contributed by atoms with Gasteiger partial charge in [-0.2, -0.15) is 0 Å². The molecule has 1 N–H and O–H groups in total. The topological polar surface area (TPSA) is 12.0 Å². The van der Waals surface area contributed by atoms with E-state index in [4.69, 9.17) is 11.6 Å². The van der Waals surface area contributed by atoms with Gasteiger partial charge in [-0.3, -0.25) is 0 Å². The van der Waals surface area contributed by atoms with Gasteiger partial charge in [0.2, 0.25) is 0 Å². The van der Waals surface area contributed by atoms with Crippen molar-refractivity contribution in [3.8, 4) is 0 Å². The predicted molar refractivity (Wildman–Crippen MR) is 85.0 cm³/mol. The van der Waals surface area contributed by atoms with Gasteiger partial charge in [0.25, 0.3) is 0 Å². The number of halogens is 2. The van der Waals surface area contributed by atoms with E-state index in [1.807, 2.05) is 18.2 Å². The Morgan fingerprint density at radius 2 is 2.05 bits per heavy atom. The zero-order valence-corrected chi connectivity index (χ0v) is 13.1. The fourth-order valence-electron chi connectivity index (χ4n) is 2.67. The average Bonchev–Trinajstić information content (AvgIpc) is 2.77. The number of hydrogen-bond acceptors (Lipinski definition) is 1. The molecule has 0 saturated heterocycles. The third-order valence-corrected chi connectivity index (χ3v) is 4.56. The summed E-state index contributed by atoms with van der Waals surface area (Å²) in [7, 11) is 0. The van der Waals surface area contributed by atoms with Gasteiger partial charge in [-0.1, -0.05) is 35.4 Å². The molecule has 0 heterocycles. The van der Waals surface area contributed by atoms with E-state index >= 15 is 0 Å². The molecule has 0 radical (unpaired) electrons. The lowest BCUT2D eigenvalue weighted by Crippen LogP contribution is -2.07. The quantitative estimate of drug-likeness (QED) is 0.762. The molecule has 19 heavy (non-hydrogen) atoms. The van der Waals surface area contributed by atoms with Gasteiger partial charge in [-0.05, 0) is 65.0 Å². The van der Waals surface area contributed by atoms with Gasteiger partial charge in [0.05, 0.1) is 11.7 Å². The van der Waals surface area contributed by atoms with E-state index in [1.165, 1.54) is 16.7 Å². The maximum Gasteiger partial charge on any atom is 0.0520 e. The number of fused-ring (bicyclic) bond motifs is 1. The predicted octanol–water partition coefficient (Wildman–Crippen LogP) is 5.51. The number of hydrogen-bond donors (Lipinski definition) is 1. The molecule has 0 aliphatic heterocycles. The van der Waals surface area contributed by atoms with Crippen molar-refractivity contribution in [3.63, 3.8) is 0 Å². The van der Waals surface area contributed by atoms with E-state index in [2.05, 4.69) is 46.4 Å². The first-order valence-electron chi connectivity index (χ1n) is 6.44. The minimum absolute atomic E-state index is 0.379. The fourth-order valence-corrected chi connectivity index (χ4v) is 3.20. The van der Waals surface area contributed by atoms with Crippen molar-refractivity contribution in [1.82, 2.24) is 0 Å². The third kappa shape index (κ3) is 2.65. The largest absolute Gasteiger partial charge is 0.377 e. The number of rotatable bonds is 2. The molecule has 3 rings (SSSR count). The van der Waals surface area contributed by atoms with Crippen LogP contribution in [0.15, 0.2) is 40.9 Å². The zero-order valence-electron chi connectivity index (χ0n) is 10.7. The Bertz CT molecular complexity index is 624. The van der Waals surface area contributed by atoms with Crippen molar-refractivity contribution in [3.05, 3.63) is 62.6 Å². The van der Waals surface area contributed by atoms with E-state index < -0.39 is 0 Å². The van der Waals surface area contributed by atoms with Crippen LogP contribution in [-0.2, 0) is 6.42 Å². The molecule has 2 aromatic carbocycles. The van der Waals surface area contributed by atoms with Gasteiger partial charge >= 0.3 is 0 Å². The van der Waals surface area contributed by atoms with Crippen LogP contribution < -0.4 is 5.32 Å². The molecule has 1 aliphatic carbocycles. The summed E-state index contributed by atoms with van der Waals surface area (Å²) < 4.78 is 1.05. The highest BCUT2D eigenvalue weighted by molar-refractivity contribution is 9.10. The van der Waals surface area contributed by atoms with Crippen LogP contribution in [-0.4, -0.2) is 0 Å².